The van der Waals surface area contributed by atoms with Crippen molar-refractivity contribution in [1.29, 1.82) is 0 Å². The fourth-order valence-electron chi connectivity index (χ4n) is 3.31. The molecule has 148 valence electrons. The van der Waals surface area contributed by atoms with Gasteiger partial charge in [-0.15, -0.1) is 0 Å². The molecule has 0 amide bonds. The lowest BCUT2D eigenvalue weighted by molar-refractivity contribution is -0.140. The number of carbonyl (C=O) groups excluding carboxylic acids is 2. The lowest BCUT2D eigenvalue weighted by Gasteiger charge is -2.17. The van der Waals surface area contributed by atoms with E-state index in [0.29, 0.717) is 19.3 Å². The van der Waals surface area contributed by atoms with Gasteiger partial charge in [0.25, 0.3) is 0 Å². The predicted octanol–water partition coefficient (Wildman–Crippen LogP) is 3.34. The van der Waals surface area contributed by atoms with Crippen molar-refractivity contribution in [3.05, 3.63) is 24.3 Å². The summed E-state index contributed by atoms with van der Waals surface area (Å²) in [5.74, 6) is -0.638. The van der Waals surface area contributed by atoms with Gasteiger partial charge in [0.1, 0.15) is 5.78 Å². The molecule has 1 aliphatic carbocycles. The summed E-state index contributed by atoms with van der Waals surface area (Å²) < 4.78 is 4.59. The molecule has 0 aliphatic heterocycles. The predicted molar refractivity (Wildman–Crippen MR) is 102 cm³/mol. The topological polar surface area (TPSA) is 83.8 Å². The van der Waals surface area contributed by atoms with Crippen molar-refractivity contribution in [2.24, 2.45) is 11.8 Å². The van der Waals surface area contributed by atoms with E-state index in [9.17, 15) is 19.8 Å². The zero-order valence-electron chi connectivity index (χ0n) is 16.1. The van der Waals surface area contributed by atoms with Gasteiger partial charge in [0.15, 0.2) is 0 Å². The third kappa shape index (κ3) is 8.28. The number of allylic oxidation sites excluding steroid dienone is 3. The smallest absolute Gasteiger partial charge is 0.305 e. The number of hydrogen-bond donors (Lipinski definition) is 2. The van der Waals surface area contributed by atoms with Crippen LogP contribution in [0.2, 0.25) is 0 Å². The molecule has 1 fully saturated rings. The minimum absolute atomic E-state index is 0.0404. The maximum atomic E-state index is 12.1. The van der Waals surface area contributed by atoms with E-state index in [-0.39, 0.29) is 30.0 Å². The highest BCUT2D eigenvalue weighted by Gasteiger charge is 2.39. The highest BCUT2D eigenvalue weighted by molar-refractivity contribution is 5.86. The van der Waals surface area contributed by atoms with E-state index in [1.54, 1.807) is 12.2 Å². The molecule has 0 bridgehead atoms. The fraction of sp³-hybridized carbons (Fsp3) is 0.714. The first-order valence-electron chi connectivity index (χ1n) is 9.78. The van der Waals surface area contributed by atoms with Crippen molar-refractivity contribution in [2.45, 2.75) is 76.9 Å². The quantitative estimate of drug-likeness (QED) is 0.314. The highest BCUT2D eigenvalue weighted by atomic mass is 16.5. The molecule has 1 saturated carbocycles. The molecule has 0 aromatic rings. The average molecular weight is 366 g/mol. The van der Waals surface area contributed by atoms with E-state index in [1.807, 2.05) is 12.2 Å². The molecule has 0 unspecified atom stereocenters. The highest BCUT2D eigenvalue weighted by Crippen LogP contribution is 2.33. The fourth-order valence-corrected chi connectivity index (χ4v) is 3.31. The summed E-state index contributed by atoms with van der Waals surface area (Å²) in [6, 6.07) is 0. The van der Waals surface area contributed by atoms with Crippen LogP contribution in [0.3, 0.4) is 0 Å². The largest absolute Gasteiger partial charge is 0.469 e. The first-order valence-corrected chi connectivity index (χ1v) is 9.78. The number of methoxy groups -OCH3 is 1. The Morgan fingerprint density at radius 2 is 2.08 bits per heavy atom. The van der Waals surface area contributed by atoms with Crippen LogP contribution >= 0.6 is 0 Å². The summed E-state index contributed by atoms with van der Waals surface area (Å²) in [6.45, 7) is 2.12. The molecule has 0 spiro atoms. The Bertz CT molecular complexity index is 483. The number of esters is 1. The van der Waals surface area contributed by atoms with Gasteiger partial charge in [0.05, 0.1) is 19.3 Å². The Hall–Kier alpha value is -1.46. The van der Waals surface area contributed by atoms with Gasteiger partial charge in [-0.25, -0.2) is 0 Å². The molecule has 0 aromatic heterocycles. The second-order valence-electron chi connectivity index (χ2n) is 7.05. The van der Waals surface area contributed by atoms with Crippen LogP contribution in [0.5, 0.6) is 0 Å². The maximum absolute atomic E-state index is 12.1. The number of aliphatic hydroxyl groups excluding tert-OH is 2. The second kappa shape index (κ2) is 12.8. The van der Waals surface area contributed by atoms with Crippen LogP contribution in [0, 0.1) is 11.8 Å². The number of unbranched alkanes of at least 4 members (excludes halogenated alkanes) is 3. The summed E-state index contributed by atoms with van der Waals surface area (Å²) in [4.78, 5) is 23.2. The molecule has 1 rings (SSSR count). The van der Waals surface area contributed by atoms with E-state index in [4.69, 9.17) is 0 Å². The van der Waals surface area contributed by atoms with Crippen LogP contribution in [0.4, 0.5) is 0 Å². The summed E-state index contributed by atoms with van der Waals surface area (Å²) in [5, 5.41) is 20.2. The maximum Gasteiger partial charge on any atom is 0.305 e. The molecule has 0 aromatic carbocycles. The number of rotatable bonds is 12. The van der Waals surface area contributed by atoms with Crippen LogP contribution in [-0.4, -0.2) is 41.3 Å². The summed E-state index contributed by atoms with van der Waals surface area (Å²) >= 11 is 0. The molecule has 4 atom stereocenters. The lowest BCUT2D eigenvalue weighted by Crippen LogP contribution is -2.19. The number of aliphatic hydroxyl groups is 2. The SMILES string of the molecule is CCCCC[C@H](O)/C=C/[C@H]1C(=O)C[C@@H](O)[C@H]1C/C=C\CCCC(=O)OC. The number of hydrogen-bond acceptors (Lipinski definition) is 5. The van der Waals surface area contributed by atoms with Gasteiger partial charge in [-0.1, -0.05) is 50.5 Å². The molecule has 2 N–H and O–H groups in total. The van der Waals surface area contributed by atoms with E-state index >= 15 is 0 Å². The zero-order chi connectivity index (χ0) is 19.4. The number of Topliss-reactive ketones (excluding diaryl/α,β-unsaturated/α-hetero) is 1. The van der Waals surface area contributed by atoms with Crippen molar-refractivity contribution >= 4 is 11.8 Å². The van der Waals surface area contributed by atoms with Crippen LogP contribution < -0.4 is 0 Å². The average Bonchev–Trinajstić information content (AvgIpc) is 2.89. The van der Waals surface area contributed by atoms with Crippen LogP contribution in [0.1, 0.15) is 64.7 Å². The Morgan fingerprint density at radius 1 is 1.31 bits per heavy atom. The molecule has 26 heavy (non-hydrogen) atoms. The summed E-state index contributed by atoms with van der Waals surface area (Å²) in [6.07, 6.45) is 12.9. The van der Waals surface area contributed by atoms with Crippen LogP contribution in [0.15, 0.2) is 24.3 Å². The van der Waals surface area contributed by atoms with Crippen molar-refractivity contribution < 1.29 is 24.5 Å². The summed E-state index contributed by atoms with van der Waals surface area (Å²) in [7, 11) is 1.38. The minimum atomic E-state index is -0.630. The number of carbonyl (C=O) groups is 2. The lowest BCUT2D eigenvalue weighted by atomic mass is 9.90. The van der Waals surface area contributed by atoms with Crippen molar-refractivity contribution in [3.8, 4) is 0 Å². The van der Waals surface area contributed by atoms with Gasteiger partial charge < -0.3 is 14.9 Å². The first-order chi connectivity index (χ1) is 12.5. The van der Waals surface area contributed by atoms with E-state index in [1.165, 1.54) is 7.11 Å². The van der Waals surface area contributed by atoms with Gasteiger partial charge in [-0.3, -0.25) is 9.59 Å². The number of ether oxygens (including phenoxy) is 1. The normalized spacial score (nSPS) is 24.6. The Kier molecular flexibility index (Phi) is 11.1. The standard InChI is InChI=1S/C21H34O5/c1-3-4-7-10-16(22)13-14-18-17(19(23)15-20(18)24)11-8-5-6-9-12-21(25)26-2/h5,8,13-14,16-19,22-23H,3-4,6-7,9-12,15H2,1-2H3/b8-5-,14-13+/t16-,17-,18+,19+/m0/s1. The molecular formula is C21H34O5. The van der Waals surface area contributed by atoms with Crippen molar-refractivity contribution in [3.63, 3.8) is 0 Å². The van der Waals surface area contributed by atoms with Crippen LogP contribution in [0.25, 0.3) is 0 Å². The molecule has 0 heterocycles. The Morgan fingerprint density at radius 3 is 2.77 bits per heavy atom. The van der Waals surface area contributed by atoms with Crippen LogP contribution in [-0.2, 0) is 14.3 Å². The third-order valence-electron chi connectivity index (χ3n) is 4.94. The van der Waals surface area contributed by atoms with Gasteiger partial charge >= 0.3 is 5.97 Å². The molecule has 0 radical (unpaired) electrons. The van der Waals surface area contributed by atoms with Crippen molar-refractivity contribution in [2.75, 3.05) is 7.11 Å². The van der Waals surface area contributed by atoms with Gasteiger partial charge in [-0.05, 0) is 25.7 Å². The second-order valence-corrected chi connectivity index (χ2v) is 7.05. The monoisotopic (exact) mass is 366 g/mol. The zero-order valence-corrected chi connectivity index (χ0v) is 16.1. The van der Waals surface area contributed by atoms with Gasteiger partial charge in [-0.2, -0.15) is 0 Å². The Labute approximate surface area is 157 Å². The van der Waals surface area contributed by atoms with Gasteiger partial charge in [0.2, 0.25) is 0 Å². The molecule has 5 heteroatoms. The first kappa shape index (κ1) is 22.6. The molecule has 0 saturated heterocycles. The summed E-state index contributed by atoms with van der Waals surface area (Å²) in [5.41, 5.74) is 0. The van der Waals surface area contributed by atoms with E-state index < -0.39 is 12.2 Å². The van der Waals surface area contributed by atoms with Crippen molar-refractivity contribution in [1.82, 2.24) is 0 Å². The minimum Gasteiger partial charge on any atom is -0.469 e. The molecule has 5 nitrogen and oxygen atoms in total. The molecular weight excluding hydrogens is 332 g/mol. The van der Waals surface area contributed by atoms with E-state index in [2.05, 4.69) is 11.7 Å². The number of ketones is 1. The third-order valence-corrected chi connectivity index (χ3v) is 4.94. The van der Waals surface area contributed by atoms with Gasteiger partial charge in [0, 0.05) is 24.7 Å². The molecule has 1 aliphatic rings. The Balaban J connectivity index is 2.46. The van der Waals surface area contributed by atoms with E-state index in [0.717, 1.165) is 32.1 Å².